The van der Waals surface area contributed by atoms with Crippen molar-refractivity contribution in [3.8, 4) is 0 Å². The van der Waals surface area contributed by atoms with Gasteiger partial charge in [0.05, 0.1) is 0 Å². The van der Waals surface area contributed by atoms with Gasteiger partial charge in [-0.25, -0.2) is 4.79 Å². The van der Waals surface area contributed by atoms with Crippen LogP contribution < -0.4 is 15.5 Å². The monoisotopic (exact) mass is 385 g/mol. The highest BCUT2D eigenvalue weighted by molar-refractivity contribution is 6.08. The maximum Gasteiger partial charge on any atom is 0.319 e. The van der Waals surface area contributed by atoms with E-state index in [-0.39, 0.29) is 11.9 Å². The van der Waals surface area contributed by atoms with E-state index in [9.17, 15) is 9.59 Å². The molecular weight excluding hydrogens is 362 g/mol. The second-order valence-electron chi connectivity index (χ2n) is 7.21. The quantitative estimate of drug-likeness (QED) is 0.694. The molecule has 5 heteroatoms. The standard InChI is InChI=1S/C24H23N3O2/c1-17-6-4-7-18(14-17)16-25-24(29)26-21-10-5-9-20(15-21)23(28)27-13-12-19-8-2-3-11-22(19)27/h2-11,14-15H,12-13,16H2,1H3,(H2,25,26,29). The summed E-state index contributed by atoms with van der Waals surface area (Å²) >= 11 is 0. The van der Waals surface area contributed by atoms with Gasteiger partial charge in [-0.1, -0.05) is 54.1 Å². The van der Waals surface area contributed by atoms with Crippen LogP contribution >= 0.6 is 0 Å². The van der Waals surface area contributed by atoms with E-state index >= 15 is 0 Å². The number of rotatable bonds is 4. The molecule has 0 radical (unpaired) electrons. The van der Waals surface area contributed by atoms with Gasteiger partial charge in [-0.15, -0.1) is 0 Å². The van der Waals surface area contributed by atoms with Crippen LogP contribution in [0.15, 0.2) is 72.8 Å². The van der Waals surface area contributed by atoms with E-state index in [0.29, 0.717) is 24.3 Å². The van der Waals surface area contributed by atoms with E-state index in [2.05, 4.69) is 16.7 Å². The summed E-state index contributed by atoms with van der Waals surface area (Å²) in [6.45, 7) is 3.13. The Morgan fingerprint density at radius 1 is 0.966 bits per heavy atom. The highest BCUT2D eigenvalue weighted by atomic mass is 16.2. The lowest BCUT2D eigenvalue weighted by Crippen LogP contribution is -2.30. The van der Waals surface area contributed by atoms with E-state index in [4.69, 9.17) is 0 Å². The van der Waals surface area contributed by atoms with Crippen molar-refractivity contribution < 1.29 is 9.59 Å². The molecule has 1 aliphatic rings. The van der Waals surface area contributed by atoms with Crippen LogP contribution in [0.4, 0.5) is 16.2 Å². The number of fused-ring (bicyclic) bond motifs is 1. The summed E-state index contributed by atoms with van der Waals surface area (Å²) < 4.78 is 0. The summed E-state index contributed by atoms with van der Waals surface area (Å²) in [6, 6.07) is 22.7. The second-order valence-corrected chi connectivity index (χ2v) is 7.21. The molecule has 2 N–H and O–H groups in total. The first-order valence-electron chi connectivity index (χ1n) is 9.70. The number of anilines is 2. The van der Waals surface area contributed by atoms with Crippen LogP contribution in [0.3, 0.4) is 0 Å². The average molecular weight is 385 g/mol. The van der Waals surface area contributed by atoms with Crippen LogP contribution in [-0.4, -0.2) is 18.5 Å². The second kappa shape index (κ2) is 8.19. The van der Waals surface area contributed by atoms with Gasteiger partial charge in [0.25, 0.3) is 5.91 Å². The van der Waals surface area contributed by atoms with Gasteiger partial charge in [0, 0.05) is 30.0 Å². The van der Waals surface area contributed by atoms with Gasteiger partial charge in [0.15, 0.2) is 0 Å². The van der Waals surface area contributed by atoms with E-state index in [0.717, 1.165) is 23.2 Å². The number of aryl methyl sites for hydroxylation is 1. The van der Waals surface area contributed by atoms with Crippen LogP contribution in [0.25, 0.3) is 0 Å². The molecule has 0 saturated heterocycles. The number of urea groups is 1. The van der Waals surface area contributed by atoms with Crippen LogP contribution in [0.1, 0.15) is 27.0 Å². The molecule has 0 saturated carbocycles. The van der Waals surface area contributed by atoms with Gasteiger partial charge < -0.3 is 15.5 Å². The predicted octanol–water partition coefficient (Wildman–Crippen LogP) is 4.52. The first-order valence-corrected chi connectivity index (χ1v) is 9.70. The molecule has 3 aromatic carbocycles. The van der Waals surface area contributed by atoms with Crippen molar-refractivity contribution in [3.63, 3.8) is 0 Å². The fourth-order valence-electron chi connectivity index (χ4n) is 3.61. The highest BCUT2D eigenvalue weighted by Crippen LogP contribution is 2.29. The smallest absolute Gasteiger partial charge is 0.319 e. The number of benzene rings is 3. The highest BCUT2D eigenvalue weighted by Gasteiger charge is 2.25. The van der Waals surface area contributed by atoms with Crippen molar-refractivity contribution in [2.24, 2.45) is 0 Å². The number of para-hydroxylation sites is 1. The van der Waals surface area contributed by atoms with Crippen LogP contribution in [0.2, 0.25) is 0 Å². The van der Waals surface area contributed by atoms with E-state index in [1.807, 2.05) is 49.4 Å². The molecule has 0 unspecified atom stereocenters. The molecule has 5 nitrogen and oxygen atoms in total. The molecule has 1 aliphatic heterocycles. The molecule has 3 aromatic rings. The molecule has 0 bridgehead atoms. The molecule has 1 heterocycles. The summed E-state index contributed by atoms with van der Waals surface area (Å²) in [5, 5.41) is 5.66. The molecule has 4 rings (SSSR count). The van der Waals surface area contributed by atoms with Gasteiger partial charge in [0.1, 0.15) is 0 Å². The lowest BCUT2D eigenvalue weighted by atomic mass is 10.1. The molecule has 146 valence electrons. The lowest BCUT2D eigenvalue weighted by molar-refractivity contribution is 0.0989. The fraction of sp³-hybridized carbons (Fsp3) is 0.167. The Bertz CT molecular complexity index is 1060. The minimum Gasteiger partial charge on any atom is -0.334 e. The van der Waals surface area contributed by atoms with Gasteiger partial charge in [-0.05, 0) is 48.7 Å². The van der Waals surface area contributed by atoms with Crippen LogP contribution in [0, 0.1) is 6.92 Å². The molecular formula is C24H23N3O2. The van der Waals surface area contributed by atoms with Gasteiger partial charge in [0.2, 0.25) is 0 Å². The van der Waals surface area contributed by atoms with Crippen molar-refractivity contribution in [1.82, 2.24) is 5.32 Å². The molecule has 29 heavy (non-hydrogen) atoms. The van der Waals surface area contributed by atoms with E-state index in [1.54, 1.807) is 29.2 Å². The number of carbonyl (C=O) groups excluding carboxylic acids is 2. The third-order valence-electron chi connectivity index (χ3n) is 5.04. The Labute approximate surface area is 170 Å². The lowest BCUT2D eigenvalue weighted by Gasteiger charge is -2.18. The molecule has 0 fully saturated rings. The van der Waals surface area contributed by atoms with Crippen LogP contribution in [0.5, 0.6) is 0 Å². The predicted molar refractivity (Wildman–Crippen MR) is 115 cm³/mol. The number of nitrogens with zero attached hydrogens (tertiary/aromatic N) is 1. The Morgan fingerprint density at radius 3 is 2.66 bits per heavy atom. The third kappa shape index (κ3) is 4.29. The van der Waals surface area contributed by atoms with Gasteiger partial charge in [-0.3, -0.25) is 4.79 Å². The maximum absolute atomic E-state index is 13.0. The van der Waals surface area contributed by atoms with Crippen molar-refractivity contribution in [3.05, 3.63) is 95.1 Å². The first-order chi connectivity index (χ1) is 14.1. The van der Waals surface area contributed by atoms with Crippen molar-refractivity contribution >= 4 is 23.3 Å². The topological polar surface area (TPSA) is 61.4 Å². The normalized spacial score (nSPS) is 12.4. The summed E-state index contributed by atoms with van der Waals surface area (Å²) in [6.07, 6.45) is 0.862. The third-order valence-corrected chi connectivity index (χ3v) is 5.04. The average Bonchev–Trinajstić information content (AvgIpc) is 3.16. The first kappa shape index (κ1) is 18.7. The van der Waals surface area contributed by atoms with Gasteiger partial charge >= 0.3 is 6.03 Å². The minimum atomic E-state index is -0.303. The van der Waals surface area contributed by atoms with E-state index < -0.39 is 0 Å². The summed E-state index contributed by atoms with van der Waals surface area (Å²) in [5.41, 5.74) is 5.48. The molecule has 0 spiro atoms. The Balaban J connectivity index is 1.41. The Kier molecular flexibility index (Phi) is 5.29. The van der Waals surface area contributed by atoms with Crippen molar-refractivity contribution in [1.29, 1.82) is 0 Å². The summed E-state index contributed by atoms with van der Waals surface area (Å²) in [4.78, 5) is 27.0. The van der Waals surface area contributed by atoms with Crippen molar-refractivity contribution in [2.45, 2.75) is 19.9 Å². The largest absolute Gasteiger partial charge is 0.334 e. The number of hydrogen-bond donors (Lipinski definition) is 2. The minimum absolute atomic E-state index is 0.0567. The van der Waals surface area contributed by atoms with Crippen molar-refractivity contribution in [2.75, 3.05) is 16.8 Å². The Hall–Kier alpha value is -3.60. The number of amides is 3. The zero-order valence-electron chi connectivity index (χ0n) is 16.3. The molecule has 3 amide bonds. The maximum atomic E-state index is 13.0. The number of carbonyl (C=O) groups is 2. The zero-order valence-corrected chi connectivity index (χ0v) is 16.3. The SMILES string of the molecule is Cc1cccc(CNC(=O)Nc2cccc(C(=O)N3CCc4ccccc43)c2)c1. The van der Waals surface area contributed by atoms with Crippen LogP contribution in [-0.2, 0) is 13.0 Å². The zero-order chi connectivity index (χ0) is 20.2. The van der Waals surface area contributed by atoms with E-state index in [1.165, 1.54) is 5.56 Å². The summed E-state index contributed by atoms with van der Waals surface area (Å²) in [7, 11) is 0. The molecule has 0 aromatic heterocycles. The number of nitrogens with one attached hydrogen (secondary N) is 2. The number of hydrogen-bond acceptors (Lipinski definition) is 2. The molecule has 0 atom stereocenters. The molecule has 0 aliphatic carbocycles. The summed E-state index contributed by atoms with van der Waals surface area (Å²) in [5.74, 6) is -0.0567. The Morgan fingerprint density at radius 2 is 1.79 bits per heavy atom. The fourth-order valence-corrected chi connectivity index (χ4v) is 3.61. The van der Waals surface area contributed by atoms with Gasteiger partial charge in [-0.2, -0.15) is 0 Å².